The Labute approximate surface area is 232 Å². The van der Waals surface area contributed by atoms with Gasteiger partial charge in [-0.05, 0) is 48.2 Å². The Bertz CT molecular complexity index is 1480. The zero-order valence-corrected chi connectivity index (χ0v) is 22.0. The lowest BCUT2D eigenvalue weighted by molar-refractivity contribution is -0.136. The molecule has 0 unspecified atom stereocenters. The number of amides is 4. The summed E-state index contributed by atoms with van der Waals surface area (Å²) in [4.78, 5) is 44.2. The summed E-state index contributed by atoms with van der Waals surface area (Å²) in [5, 5.41) is 6.08. The van der Waals surface area contributed by atoms with Crippen molar-refractivity contribution in [1.82, 2.24) is 20.4 Å². The first-order chi connectivity index (χ1) is 19.5. The quantitative estimate of drug-likeness (QED) is 0.384. The van der Waals surface area contributed by atoms with Crippen molar-refractivity contribution < 1.29 is 19.1 Å². The third-order valence-corrected chi connectivity index (χ3v) is 7.33. The zero-order valence-electron chi connectivity index (χ0n) is 22.0. The molecule has 3 aromatic carbocycles. The highest BCUT2D eigenvalue weighted by molar-refractivity contribution is 6.04. The van der Waals surface area contributed by atoms with Gasteiger partial charge in [-0.15, -0.1) is 6.58 Å². The minimum atomic E-state index is -0.825. The molecule has 3 aliphatic rings. The van der Waals surface area contributed by atoms with Crippen LogP contribution in [0.25, 0.3) is 0 Å². The number of carbonyl (C=O) groups excluding carboxylic acids is 3. The molecule has 0 bridgehead atoms. The third-order valence-electron chi connectivity index (χ3n) is 7.33. The van der Waals surface area contributed by atoms with E-state index in [4.69, 9.17) is 4.74 Å². The van der Waals surface area contributed by atoms with Crippen LogP contribution in [-0.2, 0) is 9.59 Å². The van der Waals surface area contributed by atoms with Crippen molar-refractivity contribution in [1.29, 1.82) is 0 Å². The second-order valence-electron chi connectivity index (χ2n) is 10.2. The molecule has 0 radical (unpaired) electrons. The fourth-order valence-electron chi connectivity index (χ4n) is 5.29. The molecule has 0 spiro atoms. The van der Waals surface area contributed by atoms with E-state index >= 15 is 0 Å². The van der Waals surface area contributed by atoms with Crippen LogP contribution in [0.15, 0.2) is 109 Å². The van der Waals surface area contributed by atoms with Crippen molar-refractivity contribution in [3.63, 3.8) is 0 Å². The van der Waals surface area contributed by atoms with Gasteiger partial charge in [-0.3, -0.25) is 14.5 Å². The number of hydrogen-bond acceptors (Lipinski definition) is 4. The van der Waals surface area contributed by atoms with E-state index in [1.165, 1.54) is 4.90 Å². The Morgan fingerprint density at radius 1 is 1.00 bits per heavy atom. The minimum absolute atomic E-state index is 0.129. The number of nitrogens with one attached hydrogen (secondary N) is 2. The van der Waals surface area contributed by atoms with E-state index in [-0.39, 0.29) is 37.0 Å². The lowest BCUT2D eigenvalue weighted by Gasteiger charge is -2.33. The van der Waals surface area contributed by atoms with Gasteiger partial charge >= 0.3 is 6.03 Å². The Morgan fingerprint density at radius 3 is 2.40 bits per heavy atom. The summed E-state index contributed by atoms with van der Waals surface area (Å²) in [5.74, 6) is 0.760. The third kappa shape index (κ3) is 4.96. The van der Waals surface area contributed by atoms with E-state index in [0.29, 0.717) is 28.3 Å². The summed E-state index contributed by atoms with van der Waals surface area (Å²) in [6.07, 6.45) is 3.50. The summed E-state index contributed by atoms with van der Waals surface area (Å²) in [5.41, 5.74) is 2.45. The van der Waals surface area contributed by atoms with Crippen molar-refractivity contribution in [2.45, 2.75) is 31.0 Å². The average molecular weight is 535 g/mol. The Balaban J connectivity index is 1.37. The van der Waals surface area contributed by atoms with Gasteiger partial charge in [-0.1, -0.05) is 66.7 Å². The lowest BCUT2D eigenvalue weighted by Crippen LogP contribution is -2.47. The van der Waals surface area contributed by atoms with Crippen LogP contribution < -0.4 is 15.4 Å². The number of para-hydroxylation sites is 1. The second-order valence-corrected chi connectivity index (χ2v) is 10.2. The number of rotatable bonds is 9. The van der Waals surface area contributed by atoms with Crippen LogP contribution >= 0.6 is 0 Å². The highest BCUT2D eigenvalue weighted by atomic mass is 16.5. The van der Waals surface area contributed by atoms with Crippen LogP contribution in [0.5, 0.6) is 11.5 Å². The zero-order chi connectivity index (χ0) is 27.6. The second kappa shape index (κ2) is 10.7. The van der Waals surface area contributed by atoms with Gasteiger partial charge in [0.05, 0.1) is 23.9 Å². The van der Waals surface area contributed by atoms with Crippen LogP contribution in [0.2, 0.25) is 0 Å². The predicted octanol–water partition coefficient (Wildman–Crippen LogP) is 4.85. The molecule has 202 valence electrons. The molecule has 8 heteroatoms. The lowest BCUT2D eigenvalue weighted by atomic mass is 9.95. The molecular formula is C32H30N4O4. The van der Waals surface area contributed by atoms with Crippen molar-refractivity contribution in [3.8, 4) is 11.5 Å². The van der Waals surface area contributed by atoms with Crippen molar-refractivity contribution in [2.24, 2.45) is 0 Å². The maximum absolute atomic E-state index is 14.2. The summed E-state index contributed by atoms with van der Waals surface area (Å²) < 4.78 is 6.03. The molecule has 2 N–H and O–H groups in total. The summed E-state index contributed by atoms with van der Waals surface area (Å²) in [6.45, 7) is 4.16. The van der Waals surface area contributed by atoms with E-state index in [2.05, 4.69) is 17.2 Å². The van der Waals surface area contributed by atoms with Gasteiger partial charge in [0, 0.05) is 12.6 Å². The maximum Gasteiger partial charge on any atom is 0.322 e. The topological polar surface area (TPSA) is 91.0 Å². The molecule has 8 nitrogen and oxygen atoms in total. The molecule has 0 saturated heterocycles. The molecule has 0 aromatic heterocycles. The van der Waals surface area contributed by atoms with E-state index < -0.39 is 12.1 Å². The van der Waals surface area contributed by atoms with Crippen LogP contribution in [0.3, 0.4) is 0 Å². The molecule has 1 aliphatic carbocycles. The summed E-state index contributed by atoms with van der Waals surface area (Å²) in [7, 11) is 0. The molecular weight excluding hydrogens is 504 g/mol. The number of benzene rings is 3. The van der Waals surface area contributed by atoms with Crippen molar-refractivity contribution in [2.75, 3.05) is 13.1 Å². The first kappa shape index (κ1) is 25.4. The Morgan fingerprint density at radius 2 is 1.70 bits per heavy atom. The standard InChI is InChI=1S/C32H30N4O4/c1-2-18-35-26-20-36(29(21-10-5-3-6-11-21)30(37)33-23-16-17-23)31(38)27(26)28(34-32(35)39)22-12-9-15-25(19-22)40-24-13-7-4-8-14-24/h2-15,19,23,28-29H,1,16-18,20H2,(H,33,37)(H,34,39)/t28-,29+/m1/s1. The number of ether oxygens (including phenoxy) is 1. The SMILES string of the molecule is C=CCN1C(=O)N[C@H](c2cccc(Oc3ccccc3)c2)C2=C1CN([C@H](C(=O)NC1CC1)c1ccccc1)C2=O. The molecule has 3 aromatic rings. The molecule has 2 atom stereocenters. The fourth-order valence-corrected chi connectivity index (χ4v) is 5.29. The van der Waals surface area contributed by atoms with E-state index in [1.807, 2.05) is 84.9 Å². The summed E-state index contributed by atoms with van der Waals surface area (Å²) >= 11 is 0. The normalized spacial score (nSPS) is 19.1. The number of nitrogens with zero attached hydrogens (tertiary/aromatic N) is 2. The van der Waals surface area contributed by atoms with Gasteiger partial charge in [0.2, 0.25) is 5.91 Å². The predicted molar refractivity (Wildman–Crippen MR) is 150 cm³/mol. The molecule has 1 fully saturated rings. The first-order valence-electron chi connectivity index (χ1n) is 13.4. The highest BCUT2D eigenvalue weighted by Crippen LogP contribution is 2.40. The highest BCUT2D eigenvalue weighted by Gasteiger charge is 2.47. The Hall–Kier alpha value is -4.85. The molecule has 40 heavy (non-hydrogen) atoms. The van der Waals surface area contributed by atoms with Crippen LogP contribution in [0.4, 0.5) is 4.79 Å². The largest absolute Gasteiger partial charge is 0.457 e. The summed E-state index contributed by atoms with van der Waals surface area (Å²) in [6, 6.07) is 24.4. The van der Waals surface area contributed by atoms with Gasteiger partial charge in [0.15, 0.2) is 0 Å². The molecule has 2 aliphatic heterocycles. The number of hydrogen-bond donors (Lipinski definition) is 2. The van der Waals surface area contributed by atoms with Crippen molar-refractivity contribution >= 4 is 17.8 Å². The van der Waals surface area contributed by atoms with Crippen LogP contribution in [-0.4, -0.2) is 46.8 Å². The van der Waals surface area contributed by atoms with Crippen LogP contribution in [0, 0.1) is 0 Å². The van der Waals surface area contributed by atoms with E-state index in [9.17, 15) is 14.4 Å². The van der Waals surface area contributed by atoms with Gasteiger partial charge < -0.3 is 20.3 Å². The molecule has 1 saturated carbocycles. The maximum atomic E-state index is 14.2. The fraction of sp³-hybridized carbons (Fsp3) is 0.219. The van der Waals surface area contributed by atoms with Gasteiger partial charge in [0.1, 0.15) is 17.5 Å². The van der Waals surface area contributed by atoms with Gasteiger partial charge in [-0.25, -0.2) is 4.79 Å². The van der Waals surface area contributed by atoms with Gasteiger partial charge in [0.25, 0.3) is 5.91 Å². The van der Waals surface area contributed by atoms with E-state index in [1.54, 1.807) is 11.0 Å². The van der Waals surface area contributed by atoms with Crippen LogP contribution in [0.1, 0.15) is 36.1 Å². The van der Waals surface area contributed by atoms with E-state index in [0.717, 1.165) is 18.4 Å². The number of carbonyl (C=O) groups is 3. The monoisotopic (exact) mass is 534 g/mol. The molecule has 4 amide bonds. The van der Waals surface area contributed by atoms with Gasteiger partial charge in [-0.2, -0.15) is 0 Å². The Kier molecular flexibility index (Phi) is 6.82. The average Bonchev–Trinajstić information content (AvgIpc) is 3.72. The first-order valence-corrected chi connectivity index (χ1v) is 13.4. The smallest absolute Gasteiger partial charge is 0.322 e. The number of urea groups is 1. The van der Waals surface area contributed by atoms with Crippen molar-refractivity contribution in [3.05, 3.63) is 120 Å². The molecule has 2 heterocycles. The molecule has 6 rings (SSSR count). The minimum Gasteiger partial charge on any atom is -0.457 e.